The fourth-order valence-corrected chi connectivity index (χ4v) is 3.28. The van der Waals surface area contributed by atoms with Crippen molar-refractivity contribution in [3.8, 4) is 0 Å². The second-order valence-electron chi connectivity index (χ2n) is 7.17. The Morgan fingerprint density at radius 1 is 0.962 bits per heavy atom. The normalized spacial score (nSPS) is 13.7. The topological polar surface area (TPSA) is 12.0 Å². The van der Waals surface area contributed by atoms with Gasteiger partial charge < -0.3 is 0 Å². The van der Waals surface area contributed by atoms with E-state index in [-0.39, 0.29) is 10.8 Å². The summed E-state index contributed by atoms with van der Waals surface area (Å²) < 4.78 is 41.6. The first-order valence-corrected chi connectivity index (χ1v) is 9.59. The van der Waals surface area contributed by atoms with E-state index in [4.69, 9.17) is 11.6 Å². The minimum absolute atomic E-state index is 0.0546. The lowest BCUT2D eigenvalue weighted by atomic mass is 9.99. The van der Waals surface area contributed by atoms with Gasteiger partial charge in [0.25, 0.3) is 0 Å². The zero-order valence-electron chi connectivity index (χ0n) is 15.0. The second-order valence-corrected chi connectivity index (χ2v) is 9.27. The molecule has 0 aromatic heterocycles. The lowest BCUT2D eigenvalue weighted by Crippen LogP contribution is -2.22. The van der Waals surface area contributed by atoms with Crippen molar-refractivity contribution >= 4 is 23.5 Å². The van der Waals surface area contributed by atoms with Gasteiger partial charge in [-0.2, -0.15) is 13.2 Å². The van der Waals surface area contributed by atoms with Crippen molar-refractivity contribution < 1.29 is 13.2 Å². The molecule has 2 aromatic carbocycles. The average molecular weight is 402 g/mol. The van der Waals surface area contributed by atoms with E-state index in [2.05, 4.69) is 25.5 Å². The number of nitrogens with one attached hydrogen (secondary N) is 1. The summed E-state index contributed by atoms with van der Waals surface area (Å²) in [6.45, 7) is 6.37. The van der Waals surface area contributed by atoms with Gasteiger partial charge in [-0.3, -0.25) is 4.72 Å². The predicted octanol–water partition coefficient (Wildman–Crippen LogP) is 7.07. The van der Waals surface area contributed by atoms with Crippen LogP contribution in [-0.2, 0) is 12.6 Å². The lowest BCUT2D eigenvalue weighted by molar-refractivity contribution is -0.137. The van der Waals surface area contributed by atoms with E-state index in [1.165, 1.54) is 0 Å². The standard InChI is InChI=1S/C20H23ClF3NS/c1-19(2,3)26-25-18(15-7-11-17(21)12-8-15)13-6-14-4-9-16(10-5-14)20(22,23)24/h4-5,7-12,18,25H,6,13H2,1-3H3. The molecule has 0 saturated heterocycles. The van der Waals surface area contributed by atoms with Crippen molar-refractivity contribution in [3.05, 3.63) is 70.2 Å². The van der Waals surface area contributed by atoms with Gasteiger partial charge in [-0.25, -0.2) is 0 Å². The van der Waals surface area contributed by atoms with Crippen LogP contribution in [0.1, 0.15) is 49.9 Å². The van der Waals surface area contributed by atoms with Crippen LogP contribution in [0, 0.1) is 0 Å². The van der Waals surface area contributed by atoms with Crippen LogP contribution in [0.15, 0.2) is 48.5 Å². The average Bonchev–Trinajstić information content (AvgIpc) is 2.55. The number of rotatable bonds is 6. The van der Waals surface area contributed by atoms with Crippen molar-refractivity contribution in [1.29, 1.82) is 0 Å². The summed E-state index contributed by atoms with van der Waals surface area (Å²) in [5.41, 5.74) is 1.38. The maximum Gasteiger partial charge on any atom is 0.416 e. The number of aryl methyl sites for hydroxylation is 1. The fraction of sp³-hybridized carbons (Fsp3) is 0.400. The quantitative estimate of drug-likeness (QED) is 0.519. The molecule has 0 bridgehead atoms. The van der Waals surface area contributed by atoms with Crippen LogP contribution < -0.4 is 4.72 Å². The molecule has 1 nitrogen and oxygen atoms in total. The van der Waals surface area contributed by atoms with Crippen LogP contribution in [0.25, 0.3) is 0 Å². The van der Waals surface area contributed by atoms with Crippen molar-refractivity contribution in [2.75, 3.05) is 0 Å². The third-order valence-corrected chi connectivity index (χ3v) is 5.05. The summed E-state index contributed by atoms with van der Waals surface area (Å²) >= 11 is 7.62. The van der Waals surface area contributed by atoms with Gasteiger partial charge in [0, 0.05) is 15.8 Å². The predicted molar refractivity (Wildman–Crippen MR) is 104 cm³/mol. The van der Waals surface area contributed by atoms with E-state index < -0.39 is 11.7 Å². The second kappa shape index (κ2) is 8.68. The summed E-state index contributed by atoms with van der Waals surface area (Å²) in [7, 11) is 0. The molecule has 0 heterocycles. The van der Waals surface area contributed by atoms with E-state index >= 15 is 0 Å². The molecule has 0 radical (unpaired) electrons. The Balaban J connectivity index is 2.07. The van der Waals surface area contributed by atoms with Gasteiger partial charge in [0.15, 0.2) is 0 Å². The van der Waals surface area contributed by atoms with E-state index in [0.717, 1.165) is 29.7 Å². The number of hydrogen-bond donors (Lipinski definition) is 1. The monoisotopic (exact) mass is 401 g/mol. The molecule has 6 heteroatoms. The zero-order chi connectivity index (χ0) is 19.4. The first kappa shape index (κ1) is 21.1. The molecule has 1 atom stereocenters. The molecule has 26 heavy (non-hydrogen) atoms. The molecule has 1 unspecified atom stereocenters. The fourth-order valence-electron chi connectivity index (χ4n) is 2.41. The van der Waals surface area contributed by atoms with Crippen molar-refractivity contribution in [2.24, 2.45) is 0 Å². The molecule has 0 aliphatic carbocycles. The molecule has 0 spiro atoms. The Labute approximate surface area is 162 Å². The first-order chi connectivity index (χ1) is 12.0. The van der Waals surface area contributed by atoms with Gasteiger partial charge in [-0.1, -0.05) is 47.8 Å². The van der Waals surface area contributed by atoms with Crippen LogP contribution in [-0.4, -0.2) is 4.75 Å². The SMILES string of the molecule is CC(C)(C)SNC(CCc1ccc(C(F)(F)F)cc1)c1ccc(Cl)cc1. The van der Waals surface area contributed by atoms with Crippen LogP contribution in [0.3, 0.4) is 0 Å². The van der Waals surface area contributed by atoms with Crippen LogP contribution in [0.2, 0.25) is 5.02 Å². The van der Waals surface area contributed by atoms with Crippen molar-refractivity contribution in [3.63, 3.8) is 0 Å². The van der Waals surface area contributed by atoms with Crippen LogP contribution in [0.4, 0.5) is 13.2 Å². The summed E-state index contributed by atoms with van der Waals surface area (Å²) in [5.74, 6) is 0. The van der Waals surface area contributed by atoms with Gasteiger partial charge >= 0.3 is 6.18 Å². The Morgan fingerprint density at radius 3 is 2.04 bits per heavy atom. The minimum atomic E-state index is -4.30. The Kier molecular flexibility index (Phi) is 7.05. The molecule has 0 saturated carbocycles. The number of alkyl halides is 3. The molecule has 0 fully saturated rings. The molecule has 142 valence electrons. The molecule has 2 rings (SSSR count). The summed E-state index contributed by atoms with van der Waals surface area (Å²) in [6, 6.07) is 13.1. The van der Waals surface area contributed by atoms with Crippen molar-refractivity contribution in [1.82, 2.24) is 4.72 Å². The van der Waals surface area contributed by atoms with Gasteiger partial charge in [0.1, 0.15) is 0 Å². The third-order valence-electron chi connectivity index (χ3n) is 3.78. The van der Waals surface area contributed by atoms with Gasteiger partial charge in [0.2, 0.25) is 0 Å². The van der Waals surface area contributed by atoms with Gasteiger partial charge in [-0.15, -0.1) is 0 Å². The van der Waals surface area contributed by atoms with Crippen LogP contribution in [0.5, 0.6) is 0 Å². The van der Waals surface area contributed by atoms with Gasteiger partial charge in [-0.05, 0) is 69.0 Å². The highest BCUT2D eigenvalue weighted by molar-refractivity contribution is 7.98. The number of hydrogen-bond acceptors (Lipinski definition) is 2. The lowest BCUT2D eigenvalue weighted by Gasteiger charge is -2.24. The minimum Gasteiger partial charge on any atom is -0.256 e. The number of benzene rings is 2. The van der Waals surface area contributed by atoms with Gasteiger partial charge in [0.05, 0.1) is 5.56 Å². The molecular weight excluding hydrogens is 379 g/mol. The highest BCUT2D eigenvalue weighted by atomic mass is 35.5. The Morgan fingerprint density at radius 2 is 1.54 bits per heavy atom. The largest absolute Gasteiger partial charge is 0.416 e. The summed E-state index contributed by atoms with van der Waals surface area (Å²) in [5, 5.41) is 0.679. The van der Waals surface area contributed by atoms with E-state index in [0.29, 0.717) is 11.4 Å². The summed E-state index contributed by atoms with van der Waals surface area (Å²) in [6.07, 6.45) is -2.84. The summed E-state index contributed by atoms with van der Waals surface area (Å²) in [4.78, 5) is 0. The zero-order valence-corrected chi connectivity index (χ0v) is 16.6. The van der Waals surface area contributed by atoms with E-state index in [1.807, 2.05) is 24.3 Å². The highest BCUT2D eigenvalue weighted by Crippen LogP contribution is 2.31. The molecular formula is C20H23ClF3NS. The third kappa shape index (κ3) is 6.86. The first-order valence-electron chi connectivity index (χ1n) is 8.40. The molecule has 2 aromatic rings. The molecule has 0 aliphatic heterocycles. The number of halogens is 4. The molecule has 0 aliphatic rings. The highest BCUT2D eigenvalue weighted by Gasteiger charge is 2.29. The Hall–Kier alpha value is -1.17. The maximum absolute atomic E-state index is 12.7. The van der Waals surface area contributed by atoms with E-state index in [1.54, 1.807) is 24.1 Å². The van der Waals surface area contributed by atoms with Crippen LogP contribution >= 0.6 is 23.5 Å². The Bertz CT molecular complexity index is 691. The molecule has 1 N–H and O–H groups in total. The smallest absolute Gasteiger partial charge is 0.256 e. The van der Waals surface area contributed by atoms with Crippen molar-refractivity contribution in [2.45, 2.75) is 50.6 Å². The molecule has 0 amide bonds. The van der Waals surface area contributed by atoms with E-state index in [9.17, 15) is 13.2 Å². The maximum atomic E-state index is 12.7.